The van der Waals surface area contributed by atoms with Gasteiger partial charge in [0.2, 0.25) is 0 Å². The monoisotopic (exact) mass is 345 g/mol. The van der Waals surface area contributed by atoms with Crippen molar-refractivity contribution in [2.75, 3.05) is 5.32 Å². The van der Waals surface area contributed by atoms with Crippen molar-refractivity contribution < 1.29 is 0 Å². The molecule has 2 aromatic rings. The van der Waals surface area contributed by atoms with Gasteiger partial charge in [-0.2, -0.15) is 0 Å². The van der Waals surface area contributed by atoms with Crippen LogP contribution in [-0.4, -0.2) is 9.97 Å². The molecule has 0 bridgehead atoms. The molecule has 0 aliphatic heterocycles. The van der Waals surface area contributed by atoms with Gasteiger partial charge in [0.25, 0.3) is 0 Å². The second-order valence-electron chi connectivity index (χ2n) is 4.90. The first kappa shape index (κ1) is 13.8. The van der Waals surface area contributed by atoms with Gasteiger partial charge < -0.3 is 5.32 Å². The Kier molecular flexibility index (Phi) is 3.94. The van der Waals surface area contributed by atoms with Crippen LogP contribution >= 0.6 is 38.9 Å². The Morgan fingerprint density at radius 2 is 2.11 bits per heavy atom. The fourth-order valence-electron chi connectivity index (χ4n) is 1.28. The average Bonchev–Trinajstić information content (AvgIpc) is 2.70. The Morgan fingerprint density at radius 1 is 1.39 bits per heavy atom. The summed E-state index contributed by atoms with van der Waals surface area (Å²) in [6.07, 6.45) is 1.70. The molecule has 18 heavy (non-hydrogen) atoms. The molecule has 0 amide bonds. The smallest absolute Gasteiger partial charge is 0.188 e. The molecule has 0 radical (unpaired) electrons. The van der Waals surface area contributed by atoms with Crippen LogP contribution in [0.1, 0.15) is 26.5 Å². The molecule has 0 aromatic carbocycles. The predicted octanol–water partition coefficient (Wildman–Crippen LogP) is 5.00. The molecular formula is C12H13BrClN3S. The maximum absolute atomic E-state index is 6.10. The van der Waals surface area contributed by atoms with Crippen molar-refractivity contribution in [2.45, 2.75) is 26.2 Å². The molecule has 1 N–H and O–H groups in total. The van der Waals surface area contributed by atoms with Gasteiger partial charge in [0.1, 0.15) is 0 Å². The highest BCUT2D eigenvalue weighted by atomic mass is 79.9. The summed E-state index contributed by atoms with van der Waals surface area (Å²) in [6.45, 7) is 6.41. The zero-order valence-corrected chi connectivity index (χ0v) is 13.4. The molecule has 0 saturated heterocycles. The van der Waals surface area contributed by atoms with Crippen molar-refractivity contribution in [1.82, 2.24) is 9.97 Å². The number of hydrogen-bond donors (Lipinski definition) is 1. The molecule has 6 heteroatoms. The number of thiazole rings is 1. The van der Waals surface area contributed by atoms with Gasteiger partial charge in [-0.05, 0) is 22.0 Å². The number of aromatic nitrogens is 2. The van der Waals surface area contributed by atoms with Gasteiger partial charge in [0.15, 0.2) is 10.9 Å². The number of hydrogen-bond acceptors (Lipinski definition) is 4. The van der Waals surface area contributed by atoms with E-state index in [1.807, 2.05) is 0 Å². The molecule has 2 heterocycles. The van der Waals surface area contributed by atoms with Crippen molar-refractivity contribution in [1.29, 1.82) is 0 Å². The Hall–Kier alpha value is -0.650. The lowest BCUT2D eigenvalue weighted by Crippen LogP contribution is -2.11. The summed E-state index contributed by atoms with van der Waals surface area (Å²) >= 11 is 11.0. The first-order valence-electron chi connectivity index (χ1n) is 5.40. The molecule has 96 valence electrons. The van der Waals surface area contributed by atoms with Gasteiger partial charge >= 0.3 is 0 Å². The second-order valence-corrected chi connectivity index (χ2v) is 7.08. The average molecular weight is 347 g/mol. The van der Waals surface area contributed by atoms with Crippen molar-refractivity contribution in [3.05, 3.63) is 32.8 Å². The molecular weight excluding hydrogens is 334 g/mol. The molecule has 3 nitrogen and oxygen atoms in total. The third-order valence-electron chi connectivity index (χ3n) is 2.31. The van der Waals surface area contributed by atoms with E-state index in [2.05, 4.69) is 57.4 Å². The normalized spacial score (nSPS) is 11.6. The summed E-state index contributed by atoms with van der Waals surface area (Å²) in [4.78, 5) is 8.76. The summed E-state index contributed by atoms with van der Waals surface area (Å²) in [7, 11) is 0. The predicted molar refractivity (Wildman–Crippen MR) is 81.0 cm³/mol. The third-order valence-corrected chi connectivity index (χ3v) is 3.79. The Bertz CT molecular complexity index is 563. The van der Waals surface area contributed by atoms with E-state index in [1.54, 1.807) is 23.6 Å². The summed E-state index contributed by atoms with van der Waals surface area (Å²) in [5, 5.41) is 6.56. The molecule has 0 aliphatic carbocycles. The van der Waals surface area contributed by atoms with E-state index in [0.717, 1.165) is 15.3 Å². The third kappa shape index (κ3) is 3.22. The van der Waals surface area contributed by atoms with Gasteiger partial charge in [-0.1, -0.05) is 32.4 Å². The minimum atomic E-state index is 0.0490. The number of anilines is 2. The standard InChI is InChI=1S/C12H13BrClN3S/c1-12(2,3)9-6-18-11(16-9)17-10-8(14)4-7(13)5-15-10/h4-6H,1-3H3,(H,15,16,17). The molecule has 2 aromatic heterocycles. The largest absolute Gasteiger partial charge is 0.315 e. The van der Waals surface area contributed by atoms with Crippen LogP contribution in [0.25, 0.3) is 0 Å². The number of nitrogens with one attached hydrogen (secondary N) is 1. The van der Waals surface area contributed by atoms with Crippen LogP contribution in [0.3, 0.4) is 0 Å². The highest BCUT2D eigenvalue weighted by Crippen LogP contribution is 2.30. The Balaban J connectivity index is 2.21. The Morgan fingerprint density at radius 3 is 2.67 bits per heavy atom. The van der Waals surface area contributed by atoms with Crippen LogP contribution in [-0.2, 0) is 5.41 Å². The van der Waals surface area contributed by atoms with Crippen molar-refractivity contribution in [2.24, 2.45) is 0 Å². The number of pyridine rings is 1. The van der Waals surface area contributed by atoms with Gasteiger partial charge in [-0.25, -0.2) is 9.97 Å². The van der Waals surface area contributed by atoms with Crippen LogP contribution in [0.15, 0.2) is 22.1 Å². The van der Waals surface area contributed by atoms with Gasteiger partial charge in [0.05, 0.1) is 10.7 Å². The van der Waals surface area contributed by atoms with E-state index >= 15 is 0 Å². The van der Waals surface area contributed by atoms with Gasteiger partial charge in [-0.15, -0.1) is 11.3 Å². The lowest BCUT2D eigenvalue weighted by molar-refractivity contribution is 0.573. The highest BCUT2D eigenvalue weighted by molar-refractivity contribution is 9.10. The van der Waals surface area contributed by atoms with E-state index in [0.29, 0.717) is 10.8 Å². The maximum atomic E-state index is 6.10. The summed E-state index contributed by atoms with van der Waals surface area (Å²) in [5.74, 6) is 0.620. The fraction of sp³-hybridized carbons (Fsp3) is 0.333. The van der Waals surface area contributed by atoms with Crippen molar-refractivity contribution in [3.63, 3.8) is 0 Å². The summed E-state index contributed by atoms with van der Waals surface area (Å²) in [6, 6.07) is 1.80. The highest BCUT2D eigenvalue weighted by Gasteiger charge is 2.17. The zero-order valence-electron chi connectivity index (χ0n) is 10.3. The van der Waals surface area contributed by atoms with Crippen LogP contribution in [0.4, 0.5) is 10.9 Å². The first-order chi connectivity index (χ1) is 8.36. The molecule has 2 rings (SSSR count). The van der Waals surface area contributed by atoms with E-state index in [9.17, 15) is 0 Å². The maximum Gasteiger partial charge on any atom is 0.188 e. The molecule has 0 atom stereocenters. The summed E-state index contributed by atoms with van der Waals surface area (Å²) in [5.41, 5.74) is 1.11. The molecule has 0 spiro atoms. The fourth-order valence-corrected chi connectivity index (χ4v) is 2.90. The zero-order chi connectivity index (χ0) is 13.3. The van der Waals surface area contributed by atoms with Crippen LogP contribution < -0.4 is 5.32 Å². The van der Waals surface area contributed by atoms with E-state index < -0.39 is 0 Å². The van der Waals surface area contributed by atoms with Crippen LogP contribution in [0.2, 0.25) is 5.02 Å². The number of nitrogens with zero attached hydrogens (tertiary/aromatic N) is 2. The van der Waals surface area contributed by atoms with Gasteiger partial charge in [0, 0.05) is 21.5 Å². The number of halogens is 2. The van der Waals surface area contributed by atoms with E-state index in [1.165, 1.54) is 0 Å². The molecule has 0 fully saturated rings. The second kappa shape index (κ2) is 5.15. The number of rotatable bonds is 2. The first-order valence-corrected chi connectivity index (χ1v) is 7.45. The van der Waals surface area contributed by atoms with Gasteiger partial charge in [-0.3, -0.25) is 0 Å². The molecule has 0 unspecified atom stereocenters. The minimum absolute atomic E-state index is 0.0490. The van der Waals surface area contributed by atoms with Crippen LogP contribution in [0, 0.1) is 0 Å². The minimum Gasteiger partial charge on any atom is -0.315 e. The van der Waals surface area contributed by atoms with E-state index in [-0.39, 0.29) is 5.41 Å². The SMILES string of the molecule is CC(C)(C)c1csc(Nc2ncc(Br)cc2Cl)n1. The molecule has 0 aliphatic rings. The summed E-state index contributed by atoms with van der Waals surface area (Å²) < 4.78 is 0.854. The quantitative estimate of drug-likeness (QED) is 0.832. The molecule has 0 saturated carbocycles. The van der Waals surface area contributed by atoms with E-state index in [4.69, 9.17) is 11.6 Å². The lowest BCUT2D eigenvalue weighted by Gasteiger charge is -2.14. The van der Waals surface area contributed by atoms with Crippen molar-refractivity contribution >= 4 is 49.8 Å². The lowest BCUT2D eigenvalue weighted by atomic mass is 9.93. The topological polar surface area (TPSA) is 37.8 Å². The van der Waals surface area contributed by atoms with Crippen molar-refractivity contribution in [3.8, 4) is 0 Å². The Labute approximate surface area is 124 Å². The van der Waals surface area contributed by atoms with Crippen LogP contribution in [0.5, 0.6) is 0 Å².